The summed E-state index contributed by atoms with van der Waals surface area (Å²) >= 11 is 5.28. The summed E-state index contributed by atoms with van der Waals surface area (Å²) in [6, 6.07) is 13.0. The molecule has 1 saturated heterocycles. The molecule has 2 aromatic carbocycles. The van der Waals surface area contributed by atoms with Crippen LogP contribution in [-0.2, 0) is 9.59 Å². The highest BCUT2D eigenvalue weighted by atomic mass is 32.1. The first-order valence-corrected chi connectivity index (χ1v) is 10.4. The first kappa shape index (κ1) is 20.9. The molecule has 0 spiro atoms. The minimum atomic E-state index is -0.272. The molecule has 0 unspecified atom stereocenters. The molecule has 1 heterocycles. The Balaban J connectivity index is 1.41. The molecule has 160 valence electrons. The van der Waals surface area contributed by atoms with E-state index in [-0.39, 0.29) is 24.5 Å². The van der Waals surface area contributed by atoms with E-state index in [0.717, 1.165) is 24.0 Å². The van der Waals surface area contributed by atoms with E-state index in [0.29, 0.717) is 28.0 Å². The number of nitrogens with one attached hydrogen (secondary N) is 2. The van der Waals surface area contributed by atoms with Crippen molar-refractivity contribution in [3.8, 4) is 11.5 Å². The predicted molar refractivity (Wildman–Crippen MR) is 122 cm³/mol. The molecule has 2 amide bonds. The smallest absolute Gasteiger partial charge is 0.276 e. The van der Waals surface area contributed by atoms with Gasteiger partial charge < -0.3 is 20.1 Å². The minimum absolute atomic E-state index is 0.112. The van der Waals surface area contributed by atoms with Gasteiger partial charge in [-0.15, -0.1) is 0 Å². The number of anilines is 1. The van der Waals surface area contributed by atoms with Gasteiger partial charge in [0.2, 0.25) is 0 Å². The summed E-state index contributed by atoms with van der Waals surface area (Å²) in [4.78, 5) is 26.4. The van der Waals surface area contributed by atoms with E-state index >= 15 is 0 Å². The molecular formula is C23H23N3O4S. The fourth-order valence-electron chi connectivity index (χ4n) is 3.25. The topological polar surface area (TPSA) is 79.9 Å². The second-order valence-electron chi connectivity index (χ2n) is 7.51. The highest BCUT2D eigenvalue weighted by Gasteiger charge is 2.41. The highest BCUT2D eigenvalue weighted by molar-refractivity contribution is 7.80. The second-order valence-corrected chi connectivity index (χ2v) is 7.89. The maximum atomic E-state index is 12.6. The molecule has 2 aromatic rings. The molecule has 0 bridgehead atoms. The summed E-state index contributed by atoms with van der Waals surface area (Å²) in [6.07, 6.45) is 3.70. The summed E-state index contributed by atoms with van der Waals surface area (Å²) < 4.78 is 11.0. The standard InChI is InChI=1S/C23H23N3O4S/c1-14-3-6-16(7-4-14)24-21(27)13-30-19-10-5-15(12-20(19)29-2)11-18-22(28)26(17-8-9-17)23(31)25-18/h3-7,10-12,17H,8-9,13H2,1-2H3,(H,24,27)(H,25,31)/b18-11+. The molecule has 7 nitrogen and oxygen atoms in total. The van der Waals surface area contributed by atoms with E-state index in [1.54, 1.807) is 29.2 Å². The number of methoxy groups -OCH3 is 1. The minimum Gasteiger partial charge on any atom is -0.493 e. The lowest BCUT2D eigenvalue weighted by Gasteiger charge is -2.12. The van der Waals surface area contributed by atoms with Gasteiger partial charge in [0.1, 0.15) is 5.70 Å². The zero-order chi connectivity index (χ0) is 22.0. The first-order chi connectivity index (χ1) is 14.9. The predicted octanol–water partition coefficient (Wildman–Crippen LogP) is 3.24. The fourth-order valence-corrected chi connectivity index (χ4v) is 3.59. The highest BCUT2D eigenvalue weighted by Crippen LogP contribution is 2.32. The van der Waals surface area contributed by atoms with Crippen molar-refractivity contribution >= 4 is 40.9 Å². The van der Waals surface area contributed by atoms with Crippen molar-refractivity contribution in [2.24, 2.45) is 0 Å². The van der Waals surface area contributed by atoms with Gasteiger partial charge in [-0.25, -0.2) is 0 Å². The van der Waals surface area contributed by atoms with Crippen molar-refractivity contribution in [2.75, 3.05) is 19.0 Å². The molecule has 1 aliphatic heterocycles. The number of hydrogen-bond donors (Lipinski definition) is 2. The molecule has 2 aliphatic rings. The molecule has 31 heavy (non-hydrogen) atoms. The van der Waals surface area contributed by atoms with Crippen LogP contribution in [0.4, 0.5) is 5.69 Å². The number of amides is 2. The van der Waals surface area contributed by atoms with Crippen molar-refractivity contribution in [1.82, 2.24) is 10.2 Å². The van der Waals surface area contributed by atoms with Gasteiger partial charge in [0.15, 0.2) is 23.2 Å². The maximum absolute atomic E-state index is 12.6. The Labute approximate surface area is 186 Å². The van der Waals surface area contributed by atoms with E-state index < -0.39 is 0 Å². The summed E-state index contributed by atoms with van der Waals surface area (Å²) in [5, 5.41) is 6.22. The Morgan fingerprint density at radius 2 is 1.97 bits per heavy atom. The summed E-state index contributed by atoms with van der Waals surface area (Å²) in [7, 11) is 1.52. The van der Waals surface area contributed by atoms with Crippen LogP contribution in [0.15, 0.2) is 48.2 Å². The van der Waals surface area contributed by atoms with E-state index in [4.69, 9.17) is 21.7 Å². The Bertz CT molecular complexity index is 1060. The van der Waals surface area contributed by atoms with Crippen molar-refractivity contribution < 1.29 is 19.1 Å². The molecule has 4 rings (SSSR count). The van der Waals surface area contributed by atoms with Crippen LogP contribution in [0.3, 0.4) is 0 Å². The number of carbonyl (C=O) groups excluding carboxylic acids is 2. The van der Waals surface area contributed by atoms with E-state index in [2.05, 4.69) is 10.6 Å². The van der Waals surface area contributed by atoms with Gasteiger partial charge in [-0.1, -0.05) is 23.8 Å². The molecule has 0 aromatic heterocycles. The first-order valence-electron chi connectivity index (χ1n) is 9.98. The zero-order valence-corrected chi connectivity index (χ0v) is 18.1. The largest absolute Gasteiger partial charge is 0.493 e. The average molecular weight is 438 g/mol. The van der Waals surface area contributed by atoms with E-state index in [1.165, 1.54) is 7.11 Å². The van der Waals surface area contributed by atoms with Crippen molar-refractivity contribution in [3.63, 3.8) is 0 Å². The third-order valence-electron chi connectivity index (χ3n) is 5.01. The Morgan fingerprint density at radius 3 is 2.65 bits per heavy atom. The number of thiocarbonyl (C=S) groups is 1. The molecule has 1 saturated carbocycles. The normalized spacial score (nSPS) is 17.0. The van der Waals surface area contributed by atoms with Crippen molar-refractivity contribution in [1.29, 1.82) is 0 Å². The quantitative estimate of drug-likeness (QED) is 0.511. The van der Waals surface area contributed by atoms with Crippen LogP contribution in [0, 0.1) is 6.92 Å². The van der Waals surface area contributed by atoms with Gasteiger partial charge in [0.05, 0.1) is 7.11 Å². The van der Waals surface area contributed by atoms with Gasteiger partial charge in [0, 0.05) is 11.7 Å². The van der Waals surface area contributed by atoms with Gasteiger partial charge in [-0.05, 0) is 67.9 Å². The van der Waals surface area contributed by atoms with Crippen LogP contribution in [0.5, 0.6) is 11.5 Å². The molecule has 0 radical (unpaired) electrons. The maximum Gasteiger partial charge on any atom is 0.276 e. The number of carbonyl (C=O) groups is 2. The van der Waals surface area contributed by atoms with Crippen LogP contribution in [0.1, 0.15) is 24.0 Å². The number of ether oxygens (including phenoxy) is 2. The lowest BCUT2D eigenvalue weighted by molar-refractivity contribution is -0.122. The Hall–Kier alpha value is -3.39. The van der Waals surface area contributed by atoms with Crippen LogP contribution in [0.2, 0.25) is 0 Å². The lowest BCUT2D eigenvalue weighted by Crippen LogP contribution is -2.32. The Kier molecular flexibility index (Phi) is 5.90. The molecular weight excluding hydrogens is 414 g/mol. The zero-order valence-electron chi connectivity index (χ0n) is 17.3. The lowest BCUT2D eigenvalue weighted by atomic mass is 10.1. The van der Waals surface area contributed by atoms with Crippen LogP contribution in [0.25, 0.3) is 6.08 Å². The van der Waals surface area contributed by atoms with Gasteiger partial charge >= 0.3 is 0 Å². The monoisotopic (exact) mass is 437 g/mol. The molecule has 2 N–H and O–H groups in total. The van der Waals surface area contributed by atoms with Gasteiger partial charge in [-0.3, -0.25) is 14.5 Å². The molecule has 2 fully saturated rings. The number of nitrogens with zero attached hydrogens (tertiary/aromatic N) is 1. The fraction of sp³-hybridized carbons (Fsp3) is 0.261. The molecule has 8 heteroatoms. The average Bonchev–Trinajstić information content (AvgIpc) is 3.54. The summed E-state index contributed by atoms with van der Waals surface area (Å²) in [6.45, 7) is 1.83. The van der Waals surface area contributed by atoms with Crippen LogP contribution >= 0.6 is 12.2 Å². The number of benzene rings is 2. The third-order valence-corrected chi connectivity index (χ3v) is 5.31. The van der Waals surface area contributed by atoms with Gasteiger partial charge in [-0.2, -0.15) is 0 Å². The van der Waals surface area contributed by atoms with Gasteiger partial charge in [0.25, 0.3) is 11.8 Å². The molecule has 0 atom stereocenters. The third kappa shape index (κ3) is 4.86. The van der Waals surface area contributed by atoms with Crippen molar-refractivity contribution in [2.45, 2.75) is 25.8 Å². The van der Waals surface area contributed by atoms with E-state index in [9.17, 15) is 9.59 Å². The second kappa shape index (κ2) is 8.77. The SMILES string of the molecule is COc1cc(/C=C2/NC(=S)N(C3CC3)C2=O)ccc1OCC(=O)Nc1ccc(C)cc1. The van der Waals surface area contributed by atoms with Crippen LogP contribution in [-0.4, -0.2) is 41.6 Å². The van der Waals surface area contributed by atoms with Crippen molar-refractivity contribution in [3.05, 3.63) is 59.3 Å². The summed E-state index contributed by atoms with van der Waals surface area (Å²) in [5.41, 5.74) is 3.01. The number of hydrogen-bond acceptors (Lipinski definition) is 5. The Morgan fingerprint density at radius 1 is 1.23 bits per heavy atom. The summed E-state index contributed by atoms with van der Waals surface area (Å²) in [5.74, 6) is 0.514. The molecule has 1 aliphatic carbocycles. The van der Waals surface area contributed by atoms with Crippen LogP contribution < -0.4 is 20.1 Å². The number of rotatable bonds is 7. The number of aryl methyl sites for hydroxylation is 1. The van der Waals surface area contributed by atoms with E-state index in [1.807, 2.05) is 31.2 Å².